The van der Waals surface area contributed by atoms with Crippen LogP contribution in [0.1, 0.15) is 50.3 Å². The highest BCUT2D eigenvalue weighted by molar-refractivity contribution is 7.98. The number of rotatable bonds is 5. The molecule has 1 aromatic rings. The van der Waals surface area contributed by atoms with Crippen LogP contribution in [0.2, 0.25) is 0 Å². The zero-order valence-electron chi connectivity index (χ0n) is 14.4. The molecule has 1 aliphatic heterocycles. The number of halogens is 3. The van der Waals surface area contributed by atoms with Gasteiger partial charge in [-0.25, -0.2) is 0 Å². The van der Waals surface area contributed by atoms with Crippen LogP contribution in [0.25, 0.3) is 5.57 Å². The van der Waals surface area contributed by atoms with Crippen molar-refractivity contribution in [1.82, 2.24) is 19.8 Å². The lowest BCUT2D eigenvalue weighted by Gasteiger charge is -2.28. The van der Waals surface area contributed by atoms with Crippen LogP contribution in [-0.4, -0.2) is 39.1 Å². The summed E-state index contributed by atoms with van der Waals surface area (Å²) in [5, 5.41) is 6.60. The Bertz CT molecular complexity index is 796. The monoisotopic (exact) mass is 400 g/mol. The molecule has 0 radical (unpaired) electrons. The molecule has 0 saturated heterocycles. The Hall–Kier alpha value is -1.97. The SMILES string of the molecule is O=C(NSC1CC1)C1=C(c2ccn(C3CCC3)n2)CC(C(F)(F)F)NC1=O. The predicted octanol–water partition coefficient (Wildman–Crippen LogP) is 2.74. The van der Waals surface area contributed by atoms with Gasteiger partial charge in [0.15, 0.2) is 0 Å². The van der Waals surface area contributed by atoms with Gasteiger partial charge in [-0.15, -0.1) is 0 Å². The first-order valence-corrected chi connectivity index (χ1v) is 9.83. The number of amides is 2. The predicted molar refractivity (Wildman–Crippen MR) is 93.4 cm³/mol. The normalized spacial score (nSPS) is 23.8. The Balaban J connectivity index is 1.66. The van der Waals surface area contributed by atoms with Crippen molar-refractivity contribution < 1.29 is 22.8 Å². The molecule has 27 heavy (non-hydrogen) atoms. The maximum absolute atomic E-state index is 13.2. The topological polar surface area (TPSA) is 76.0 Å². The molecular weight excluding hydrogens is 381 g/mol. The molecule has 2 fully saturated rings. The minimum atomic E-state index is -4.60. The fraction of sp³-hybridized carbons (Fsp3) is 0.588. The van der Waals surface area contributed by atoms with Crippen molar-refractivity contribution >= 4 is 29.3 Å². The summed E-state index contributed by atoms with van der Waals surface area (Å²) in [6, 6.07) is -0.208. The third kappa shape index (κ3) is 3.85. The van der Waals surface area contributed by atoms with Gasteiger partial charge in [-0.05, 0) is 50.1 Å². The second-order valence-electron chi connectivity index (χ2n) is 7.14. The molecule has 2 aliphatic carbocycles. The fourth-order valence-corrected chi connectivity index (χ4v) is 3.87. The second-order valence-corrected chi connectivity index (χ2v) is 8.25. The van der Waals surface area contributed by atoms with Crippen molar-refractivity contribution in [3.63, 3.8) is 0 Å². The van der Waals surface area contributed by atoms with Crippen molar-refractivity contribution in [2.24, 2.45) is 0 Å². The van der Waals surface area contributed by atoms with Gasteiger partial charge in [0, 0.05) is 23.4 Å². The first-order chi connectivity index (χ1) is 12.8. The van der Waals surface area contributed by atoms with Gasteiger partial charge >= 0.3 is 6.18 Å². The molecule has 2 amide bonds. The summed E-state index contributed by atoms with van der Waals surface area (Å²) in [7, 11) is 0. The van der Waals surface area contributed by atoms with E-state index >= 15 is 0 Å². The first-order valence-electron chi connectivity index (χ1n) is 8.95. The van der Waals surface area contributed by atoms with Gasteiger partial charge in [0.25, 0.3) is 11.8 Å². The number of hydrogen-bond donors (Lipinski definition) is 2. The van der Waals surface area contributed by atoms with E-state index in [4.69, 9.17) is 0 Å². The molecule has 3 aliphatic rings. The number of carbonyl (C=O) groups is 2. The van der Waals surface area contributed by atoms with Crippen LogP contribution < -0.4 is 10.0 Å². The highest BCUT2D eigenvalue weighted by Crippen LogP contribution is 2.37. The van der Waals surface area contributed by atoms with Crippen LogP contribution in [0.5, 0.6) is 0 Å². The average Bonchev–Trinajstić information content (AvgIpc) is 3.26. The van der Waals surface area contributed by atoms with Crippen molar-refractivity contribution in [1.29, 1.82) is 0 Å². The third-order valence-corrected chi connectivity index (χ3v) is 6.18. The second kappa shape index (κ2) is 6.88. The van der Waals surface area contributed by atoms with E-state index in [9.17, 15) is 22.8 Å². The minimum Gasteiger partial charge on any atom is -0.340 e. The molecule has 0 aromatic carbocycles. The molecule has 2 N–H and O–H groups in total. The summed E-state index contributed by atoms with van der Waals surface area (Å²) in [5.41, 5.74) is 0.0307. The van der Waals surface area contributed by atoms with Gasteiger partial charge in [0.05, 0.1) is 11.7 Å². The molecule has 146 valence electrons. The summed E-state index contributed by atoms with van der Waals surface area (Å²) >= 11 is 1.21. The van der Waals surface area contributed by atoms with Crippen LogP contribution in [0, 0.1) is 0 Å². The molecule has 1 atom stereocenters. The maximum Gasteiger partial charge on any atom is 0.408 e. The van der Waals surface area contributed by atoms with E-state index in [2.05, 4.69) is 9.82 Å². The number of alkyl halides is 3. The summed E-state index contributed by atoms with van der Waals surface area (Å²) in [6.45, 7) is 0. The van der Waals surface area contributed by atoms with Gasteiger partial charge in [0.1, 0.15) is 11.6 Å². The standard InChI is InChI=1S/C17H19F3N4O2S/c18-17(19,20)13-8-11(12-6-7-24(22-12)9-2-1-3-9)14(15(25)21-13)16(26)23-27-10-4-5-10/h6-7,9-10,13H,1-5,8H2,(H,21,25)(H,23,26). The van der Waals surface area contributed by atoms with Crippen LogP contribution in [-0.2, 0) is 9.59 Å². The van der Waals surface area contributed by atoms with Crippen LogP contribution in [0.3, 0.4) is 0 Å². The van der Waals surface area contributed by atoms with Crippen molar-refractivity contribution in [3.8, 4) is 0 Å². The van der Waals surface area contributed by atoms with E-state index in [0.717, 1.165) is 32.1 Å². The zero-order valence-corrected chi connectivity index (χ0v) is 15.2. The van der Waals surface area contributed by atoms with Gasteiger partial charge in [-0.3, -0.25) is 19.0 Å². The Morgan fingerprint density at radius 1 is 1.30 bits per heavy atom. The van der Waals surface area contributed by atoms with E-state index in [1.54, 1.807) is 16.9 Å². The van der Waals surface area contributed by atoms with Crippen LogP contribution >= 0.6 is 11.9 Å². The highest BCUT2D eigenvalue weighted by atomic mass is 32.2. The van der Waals surface area contributed by atoms with E-state index in [1.807, 2.05) is 5.32 Å². The van der Waals surface area contributed by atoms with E-state index < -0.39 is 30.5 Å². The lowest BCUT2D eigenvalue weighted by Crippen LogP contribution is -2.50. The smallest absolute Gasteiger partial charge is 0.340 e. The number of nitrogens with one attached hydrogen (secondary N) is 2. The molecule has 6 nitrogen and oxygen atoms in total. The van der Waals surface area contributed by atoms with E-state index in [1.165, 1.54) is 11.9 Å². The van der Waals surface area contributed by atoms with Gasteiger partial charge in [-0.2, -0.15) is 18.3 Å². The molecule has 2 heterocycles. The highest BCUT2D eigenvalue weighted by Gasteiger charge is 2.46. The zero-order chi connectivity index (χ0) is 19.2. The molecule has 0 spiro atoms. The largest absolute Gasteiger partial charge is 0.408 e. The lowest BCUT2D eigenvalue weighted by atomic mass is 9.92. The Kier molecular flexibility index (Phi) is 4.69. The number of carbonyl (C=O) groups excluding carboxylic acids is 2. The minimum absolute atomic E-state index is 0.0491. The Morgan fingerprint density at radius 3 is 2.63 bits per heavy atom. The summed E-state index contributed by atoms with van der Waals surface area (Å²) in [5.74, 6) is -1.68. The fourth-order valence-electron chi connectivity index (χ4n) is 3.12. The van der Waals surface area contributed by atoms with Crippen molar-refractivity contribution in [3.05, 3.63) is 23.5 Å². The molecule has 1 aromatic heterocycles. The number of aromatic nitrogens is 2. The van der Waals surface area contributed by atoms with Crippen molar-refractivity contribution in [2.75, 3.05) is 0 Å². The first kappa shape index (κ1) is 18.4. The van der Waals surface area contributed by atoms with Crippen molar-refractivity contribution in [2.45, 2.75) is 62.0 Å². The summed E-state index contributed by atoms with van der Waals surface area (Å²) in [6.07, 6.45) is 1.59. The number of hydrogen-bond acceptors (Lipinski definition) is 4. The molecule has 10 heteroatoms. The molecule has 2 saturated carbocycles. The third-order valence-electron chi connectivity index (χ3n) is 5.07. The van der Waals surface area contributed by atoms with Gasteiger partial charge in [-0.1, -0.05) is 0 Å². The van der Waals surface area contributed by atoms with Gasteiger partial charge in [0.2, 0.25) is 0 Å². The Morgan fingerprint density at radius 2 is 2.04 bits per heavy atom. The Labute approximate surface area is 158 Å². The summed E-state index contributed by atoms with van der Waals surface area (Å²) in [4.78, 5) is 24.9. The lowest BCUT2D eigenvalue weighted by molar-refractivity contribution is -0.160. The van der Waals surface area contributed by atoms with Crippen LogP contribution in [0.4, 0.5) is 13.2 Å². The molecule has 4 rings (SSSR count). The van der Waals surface area contributed by atoms with Crippen LogP contribution in [0.15, 0.2) is 17.8 Å². The molecular formula is C17H19F3N4O2S. The molecule has 1 unspecified atom stereocenters. The number of nitrogens with zero attached hydrogens (tertiary/aromatic N) is 2. The maximum atomic E-state index is 13.2. The van der Waals surface area contributed by atoms with Gasteiger partial charge < -0.3 is 5.32 Å². The summed E-state index contributed by atoms with van der Waals surface area (Å²) < 4.78 is 44.0. The van der Waals surface area contributed by atoms with E-state index in [0.29, 0.717) is 5.25 Å². The van der Waals surface area contributed by atoms with E-state index in [-0.39, 0.29) is 22.9 Å². The molecule has 0 bridgehead atoms. The average molecular weight is 400 g/mol. The quantitative estimate of drug-likeness (QED) is 0.589.